The summed E-state index contributed by atoms with van der Waals surface area (Å²) in [6, 6.07) is 1.75. The molecule has 0 amide bonds. The molecule has 68 valence electrons. The zero-order valence-corrected chi connectivity index (χ0v) is 7.35. The predicted octanol–water partition coefficient (Wildman–Crippen LogP) is -0.397. The van der Waals surface area contributed by atoms with Gasteiger partial charge in [-0.25, -0.2) is 14.5 Å². The molecule has 0 aromatic carbocycles. The van der Waals surface area contributed by atoms with Crippen LogP contribution in [-0.2, 0) is 7.05 Å². The Hall–Kier alpha value is -1.85. The van der Waals surface area contributed by atoms with Crippen LogP contribution in [0, 0.1) is 6.92 Å². The summed E-state index contributed by atoms with van der Waals surface area (Å²) in [4.78, 5) is 11.2. The Morgan fingerprint density at radius 3 is 2.77 bits per heavy atom. The summed E-state index contributed by atoms with van der Waals surface area (Å²) in [5.41, 5.74) is -0.267. The van der Waals surface area contributed by atoms with Crippen LogP contribution in [0.3, 0.4) is 0 Å². The van der Waals surface area contributed by atoms with Gasteiger partial charge in [0.15, 0.2) is 5.82 Å². The molecule has 0 bridgehead atoms. The van der Waals surface area contributed by atoms with Crippen molar-refractivity contribution < 1.29 is 0 Å². The molecule has 0 unspecified atom stereocenters. The standard InChI is InChI=1S/C7H9N5O/c1-5-8-9-7(13)12(5)6-3-4-11(2)10-6/h3-4H,1-2H3,(H,9,13). The summed E-state index contributed by atoms with van der Waals surface area (Å²) in [6.07, 6.45) is 1.77. The van der Waals surface area contributed by atoms with Crippen LogP contribution in [0.2, 0.25) is 0 Å². The average Bonchev–Trinajstić information content (AvgIpc) is 2.60. The molecule has 2 rings (SSSR count). The van der Waals surface area contributed by atoms with E-state index in [2.05, 4.69) is 15.3 Å². The van der Waals surface area contributed by atoms with Crippen molar-refractivity contribution in [1.29, 1.82) is 0 Å². The minimum Gasteiger partial charge on any atom is -0.274 e. The second kappa shape index (κ2) is 2.58. The highest BCUT2D eigenvalue weighted by molar-refractivity contribution is 5.20. The second-order valence-electron chi connectivity index (χ2n) is 2.76. The van der Waals surface area contributed by atoms with Gasteiger partial charge in [-0.2, -0.15) is 10.2 Å². The van der Waals surface area contributed by atoms with Gasteiger partial charge in [0.25, 0.3) is 0 Å². The van der Waals surface area contributed by atoms with Gasteiger partial charge in [0.05, 0.1) is 0 Å². The molecule has 1 N–H and O–H groups in total. The van der Waals surface area contributed by atoms with Crippen molar-refractivity contribution in [2.24, 2.45) is 7.05 Å². The van der Waals surface area contributed by atoms with E-state index in [4.69, 9.17) is 0 Å². The van der Waals surface area contributed by atoms with Crippen LogP contribution in [0.4, 0.5) is 0 Å². The van der Waals surface area contributed by atoms with Crippen molar-refractivity contribution in [3.05, 3.63) is 28.6 Å². The molecule has 0 aliphatic heterocycles. The van der Waals surface area contributed by atoms with Crippen molar-refractivity contribution in [2.45, 2.75) is 6.92 Å². The average molecular weight is 179 g/mol. The van der Waals surface area contributed by atoms with Gasteiger partial charge in [-0.1, -0.05) is 0 Å². The van der Waals surface area contributed by atoms with Gasteiger partial charge < -0.3 is 0 Å². The van der Waals surface area contributed by atoms with Crippen molar-refractivity contribution in [3.63, 3.8) is 0 Å². The lowest BCUT2D eigenvalue weighted by molar-refractivity contribution is 0.742. The first-order chi connectivity index (χ1) is 6.18. The van der Waals surface area contributed by atoms with Crippen LogP contribution in [0.5, 0.6) is 0 Å². The highest BCUT2D eigenvalue weighted by atomic mass is 16.1. The van der Waals surface area contributed by atoms with Crippen LogP contribution in [0.25, 0.3) is 5.82 Å². The highest BCUT2D eigenvalue weighted by Crippen LogP contribution is 2.01. The van der Waals surface area contributed by atoms with Crippen LogP contribution >= 0.6 is 0 Å². The minimum atomic E-state index is -0.267. The summed E-state index contributed by atoms with van der Waals surface area (Å²) in [5, 5.41) is 10.2. The number of nitrogens with zero attached hydrogens (tertiary/aromatic N) is 4. The molecular weight excluding hydrogens is 170 g/mol. The largest absolute Gasteiger partial charge is 0.349 e. The van der Waals surface area contributed by atoms with Crippen molar-refractivity contribution in [3.8, 4) is 5.82 Å². The van der Waals surface area contributed by atoms with E-state index in [1.54, 1.807) is 30.9 Å². The summed E-state index contributed by atoms with van der Waals surface area (Å²) < 4.78 is 3.05. The minimum absolute atomic E-state index is 0.267. The van der Waals surface area contributed by atoms with Crippen LogP contribution < -0.4 is 5.69 Å². The Morgan fingerprint density at radius 2 is 2.31 bits per heavy atom. The quantitative estimate of drug-likeness (QED) is 0.647. The molecule has 13 heavy (non-hydrogen) atoms. The molecule has 0 fully saturated rings. The van der Waals surface area contributed by atoms with Gasteiger partial charge in [-0.15, -0.1) is 0 Å². The zero-order valence-electron chi connectivity index (χ0n) is 7.35. The third-order valence-electron chi connectivity index (χ3n) is 1.77. The van der Waals surface area contributed by atoms with E-state index in [9.17, 15) is 4.79 Å². The van der Waals surface area contributed by atoms with Gasteiger partial charge in [0.1, 0.15) is 5.82 Å². The number of nitrogens with one attached hydrogen (secondary N) is 1. The number of rotatable bonds is 1. The number of aryl methyl sites for hydroxylation is 2. The molecule has 0 spiro atoms. The molecular formula is C7H9N5O. The third kappa shape index (κ3) is 1.16. The molecule has 6 nitrogen and oxygen atoms in total. The van der Waals surface area contributed by atoms with Crippen molar-refractivity contribution >= 4 is 0 Å². The smallest absolute Gasteiger partial charge is 0.274 e. The van der Waals surface area contributed by atoms with Crippen molar-refractivity contribution in [1.82, 2.24) is 24.5 Å². The lowest BCUT2D eigenvalue weighted by Gasteiger charge is -1.95. The topological polar surface area (TPSA) is 68.5 Å². The number of aromatic nitrogens is 5. The first kappa shape index (κ1) is 7.78. The van der Waals surface area contributed by atoms with Gasteiger partial charge in [0.2, 0.25) is 0 Å². The molecule has 2 heterocycles. The number of H-pyrrole nitrogens is 1. The van der Waals surface area contributed by atoms with E-state index in [0.717, 1.165) is 0 Å². The lowest BCUT2D eigenvalue weighted by atomic mass is 10.6. The summed E-state index contributed by atoms with van der Waals surface area (Å²) >= 11 is 0. The molecule has 0 radical (unpaired) electrons. The molecule has 0 aliphatic rings. The Kier molecular flexibility index (Phi) is 1.54. The van der Waals surface area contributed by atoms with E-state index in [1.165, 1.54) is 4.57 Å². The van der Waals surface area contributed by atoms with E-state index in [-0.39, 0.29) is 5.69 Å². The van der Waals surface area contributed by atoms with Crippen LogP contribution in [-0.4, -0.2) is 24.5 Å². The van der Waals surface area contributed by atoms with Crippen LogP contribution in [0.1, 0.15) is 5.82 Å². The van der Waals surface area contributed by atoms with Crippen molar-refractivity contribution in [2.75, 3.05) is 0 Å². The summed E-state index contributed by atoms with van der Waals surface area (Å²) in [6.45, 7) is 1.74. The SMILES string of the molecule is Cc1n[nH]c(=O)n1-c1ccn(C)n1. The van der Waals surface area contributed by atoms with Crippen LogP contribution in [0.15, 0.2) is 17.1 Å². The number of hydrogen-bond acceptors (Lipinski definition) is 3. The Bertz CT molecular complexity index is 477. The molecule has 2 aromatic heterocycles. The van der Waals surface area contributed by atoms with E-state index < -0.39 is 0 Å². The maximum Gasteiger partial charge on any atom is 0.349 e. The van der Waals surface area contributed by atoms with Gasteiger partial charge in [-0.05, 0) is 6.92 Å². The number of hydrogen-bond donors (Lipinski definition) is 1. The number of aromatic amines is 1. The lowest BCUT2D eigenvalue weighted by Crippen LogP contribution is -2.16. The van der Waals surface area contributed by atoms with E-state index in [1.807, 2.05) is 0 Å². The third-order valence-corrected chi connectivity index (χ3v) is 1.77. The molecule has 2 aromatic rings. The first-order valence-corrected chi connectivity index (χ1v) is 3.82. The van der Waals surface area contributed by atoms with Gasteiger partial charge >= 0.3 is 5.69 Å². The molecule has 6 heteroatoms. The first-order valence-electron chi connectivity index (χ1n) is 3.82. The maximum atomic E-state index is 11.2. The normalized spacial score (nSPS) is 10.6. The fraction of sp³-hybridized carbons (Fsp3) is 0.286. The second-order valence-corrected chi connectivity index (χ2v) is 2.76. The monoisotopic (exact) mass is 179 g/mol. The van der Waals surface area contributed by atoms with E-state index >= 15 is 0 Å². The fourth-order valence-corrected chi connectivity index (χ4v) is 1.17. The van der Waals surface area contributed by atoms with Gasteiger partial charge in [-0.3, -0.25) is 4.68 Å². The Labute approximate surface area is 73.8 Å². The summed E-state index contributed by atoms with van der Waals surface area (Å²) in [5.74, 6) is 1.18. The predicted molar refractivity (Wildman–Crippen MR) is 45.7 cm³/mol. The molecule has 0 aliphatic carbocycles. The fourth-order valence-electron chi connectivity index (χ4n) is 1.17. The highest BCUT2D eigenvalue weighted by Gasteiger charge is 2.07. The van der Waals surface area contributed by atoms with Gasteiger partial charge in [0, 0.05) is 19.3 Å². The summed E-state index contributed by atoms with van der Waals surface area (Å²) in [7, 11) is 1.80. The maximum absolute atomic E-state index is 11.2. The molecule has 0 saturated heterocycles. The Balaban J connectivity index is 2.64. The molecule has 0 atom stereocenters. The zero-order chi connectivity index (χ0) is 9.42. The Morgan fingerprint density at radius 1 is 1.54 bits per heavy atom. The van der Waals surface area contributed by atoms with E-state index in [0.29, 0.717) is 11.6 Å². The molecule has 0 saturated carbocycles.